The summed E-state index contributed by atoms with van der Waals surface area (Å²) in [7, 11) is 2.01. The number of hydrogen-bond donors (Lipinski definition) is 2. The van der Waals surface area contributed by atoms with Gasteiger partial charge in [0.25, 0.3) is 0 Å². The molecule has 3 nitrogen and oxygen atoms in total. The van der Waals surface area contributed by atoms with Crippen molar-refractivity contribution in [1.82, 2.24) is 10.2 Å². The Hall–Kier alpha value is -0.120. The van der Waals surface area contributed by atoms with Gasteiger partial charge in [-0.2, -0.15) is 0 Å². The zero-order valence-corrected chi connectivity index (χ0v) is 11.4. The van der Waals surface area contributed by atoms with Crippen LogP contribution in [0.4, 0.5) is 0 Å². The van der Waals surface area contributed by atoms with Crippen LogP contribution in [0.2, 0.25) is 0 Å². The second-order valence-corrected chi connectivity index (χ2v) is 5.96. The third-order valence-corrected chi connectivity index (χ3v) is 4.83. The van der Waals surface area contributed by atoms with Crippen LogP contribution in [0.1, 0.15) is 39.0 Å². The number of aliphatic hydroxyl groups excluding tert-OH is 1. The number of nitrogens with zero attached hydrogens (tertiary/aromatic N) is 1. The van der Waals surface area contributed by atoms with Crippen molar-refractivity contribution in [1.29, 1.82) is 0 Å². The molecule has 2 fully saturated rings. The van der Waals surface area contributed by atoms with E-state index >= 15 is 0 Å². The van der Waals surface area contributed by atoms with Crippen LogP contribution in [-0.4, -0.2) is 48.8 Å². The molecule has 2 aliphatic carbocycles. The van der Waals surface area contributed by atoms with E-state index in [1.807, 2.05) is 7.05 Å². The first kappa shape index (κ1) is 13.3. The van der Waals surface area contributed by atoms with Gasteiger partial charge >= 0.3 is 0 Å². The SMILES string of the molecule is CCN(CC1CCC1)CC(CO)(NC)C1CC1. The summed E-state index contributed by atoms with van der Waals surface area (Å²) in [6, 6.07) is 0. The fourth-order valence-corrected chi connectivity index (χ4v) is 3.05. The number of aliphatic hydroxyl groups is 1. The van der Waals surface area contributed by atoms with Gasteiger partial charge in [-0.15, -0.1) is 0 Å². The van der Waals surface area contributed by atoms with E-state index in [0.29, 0.717) is 5.92 Å². The maximum Gasteiger partial charge on any atom is 0.0628 e. The summed E-state index contributed by atoms with van der Waals surface area (Å²) >= 11 is 0. The highest BCUT2D eigenvalue weighted by molar-refractivity contribution is 5.02. The summed E-state index contributed by atoms with van der Waals surface area (Å²) in [4.78, 5) is 2.54. The van der Waals surface area contributed by atoms with Gasteiger partial charge in [0, 0.05) is 13.1 Å². The molecule has 0 bridgehead atoms. The summed E-state index contributed by atoms with van der Waals surface area (Å²) in [5.74, 6) is 1.61. The Bertz CT molecular complexity index is 232. The number of likely N-dealkylation sites (N-methyl/N-ethyl adjacent to an activating group) is 2. The largest absolute Gasteiger partial charge is 0.394 e. The van der Waals surface area contributed by atoms with E-state index in [4.69, 9.17) is 0 Å². The second-order valence-electron chi connectivity index (χ2n) is 5.96. The summed E-state index contributed by atoms with van der Waals surface area (Å²) in [6.07, 6.45) is 6.80. The monoisotopic (exact) mass is 240 g/mol. The van der Waals surface area contributed by atoms with Gasteiger partial charge in [0.1, 0.15) is 0 Å². The molecule has 0 heterocycles. The molecule has 0 aromatic heterocycles. The Morgan fingerprint density at radius 2 is 2.00 bits per heavy atom. The van der Waals surface area contributed by atoms with E-state index in [9.17, 15) is 5.11 Å². The van der Waals surface area contributed by atoms with Crippen molar-refractivity contribution in [3.05, 3.63) is 0 Å². The van der Waals surface area contributed by atoms with Crippen molar-refractivity contribution in [3.8, 4) is 0 Å². The van der Waals surface area contributed by atoms with E-state index in [2.05, 4.69) is 17.1 Å². The molecule has 2 N–H and O–H groups in total. The lowest BCUT2D eigenvalue weighted by Gasteiger charge is -2.39. The molecule has 3 heteroatoms. The lowest BCUT2D eigenvalue weighted by Crippen LogP contribution is -2.57. The zero-order valence-electron chi connectivity index (χ0n) is 11.4. The highest BCUT2D eigenvalue weighted by Gasteiger charge is 2.44. The summed E-state index contributed by atoms with van der Waals surface area (Å²) < 4.78 is 0. The lowest BCUT2D eigenvalue weighted by molar-refractivity contribution is 0.0819. The van der Waals surface area contributed by atoms with Crippen LogP contribution in [-0.2, 0) is 0 Å². The molecule has 2 saturated carbocycles. The molecule has 0 aliphatic heterocycles. The van der Waals surface area contributed by atoms with E-state index in [1.165, 1.54) is 38.6 Å². The Labute approximate surface area is 106 Å². The lowest BCUT2D eigenvalue weighted by atomic mass is 9.84. The molecule has 0 radical (unpaired) electrons. The number of nitrogens with one attached hydrogen (secondary N) is 1. The molecule has 0 aromatic carbocycles. The third kappa shape index (κ3) is 3.01. The van der Waals surface area contributed by atoms with Crippen LogP contribution in [0.25, 0.3) is 0 Å². The first-order chi connectivity index (χ1) is 8.24. The topological polar surface area (TPSA) is 35.5 Å². The van der Waals surface area contributed by atoms with Crippen LogP contribution in [0.3, 0.4) is 0 Å². The number of rotatable bonds is 8. The van der Waals surface area contributed by atoms with Crippen molar-refractivity contribution < 1.29 is 5.11 Å². The van der Waals surface area contributed by atoms with Crippen molar-refractivity contribution in [2.24, 2.45) is 11.8 Å². The quantitative estimate of drug-likeness (QED) is 0.674. The average molecular weight is 240 g/mol. The summed E-state index contributed by atoms with van der Waals surface area (Å²) in [5.41, 5.74) is -0.0419. The Balaban J connectivity index is 1.89. The Morgan fingerprint density at radius 3 is 2.35 bits per heavy atom. The van der Waals surface area contributed by atoms with Crippen molar-refractivity contribution in [3.63, 3.8) is 0 Å². The molecule has 0 aromatic rings. The number of hydrogen-bond acceptors (Lipinski definition) is 3. The van der Waals surface area contributed by atoms with Crippen LogP contribution in [0.15, 0.2) is 0 Å². The summed E-state index contributed by atoms with van der Waals surface area (Å²) in [5, 5.41) is 13.2. The highest BCUT2D eigenvalue weighted by atomic mass is 16.3. The van der Waals surface area contributed by atoms with Gasteiger partial charge in [-0.05, 0) is 51.1 Å². The predicted molar refractivity (Wildman–Crippen MR) is 71.1 cm³/mol. The van der Waals surface area contributed by atoms with Crippen molar-refractivity contribution in [2.45, 2.75) is 44.6 Å². The van der Waals surface area contributed by atoms with Crippen LogP contribution in [0, 0.1) is 11.8 Å². The molecule has 0 amide bonds. The van der Waals surface area contributed by atoms with Crippen molar-refractivity contribution >= 4 is 0 Å². The molecule has 100 valence electrons. The second kappa shape index (κ2) is 5.68. The van der Waals surface area contributed by atoms with Crippen molar-refractivity contribution in [2.75, 3.05) is 33.3 Å². The Kier molecular flexibility index (Phi) is 4.45. The summed E-state index contributed by atoms with van der Waals surface area (Å²) in [6.45, 7) is 5.86. The zero-order chi connectivity index (χ0) is 12.3. The maximum absolute atomic E-state index is 9.75. The van der Waals surface area contributed by atoms with E-state index in [-0.39, 0.29) is 12.1 Å². The van der Waals surface area contributed by atoms with Gasteiger partial charge < -0.3 is 15.3 Å². The fourth-order valence-electron chi connectivity index (χ4n) is 3.05. The van der Waals surface area contributed by atoms with Crippen LogP contribution >= 0.6 is 0 Å². The minimum Gasteiger partial charge on any atom is -0.394 e. The van der Waals surface area contributed by atoms with Gasteiger partial charge in [0.2, 0.25) is 0 Å². The van der Waals surface area contributed by atoms with Gasteiger partial charge in [0.05, 0.1) is 12.1 Å². The van der Waals surface area contributed by atoms with E-state index in [1.54, 1.807) is 0 Å². The van der Waals surface area contributed by atoms with Gasteiger partial charge in [0.15, 0.2) is 0 Å². The van der Waals surface area contributed by atoms with Gasteiger partial charge in [-0.3, -0.25) is 0 Å². The third-order valence-electron chi connectivity index (χ3n) is 4.83. The van der Waals surface area contributed by atoms with E-state index in [0.717, 1.165) is 19.0 Å². The molecule has 1 atom stereocenters. The minimum absolute atomic E-state index is 0.0419. The minimum atomic E-state index is -0.0419. The Morgan fingerprint density at radius 1 is 1.29 bits per heavy atom. The predicted octanol–water partition coefficient (Wildman–Crippen LogP) is 1.47. The molecular formula is C14H28N2O. The van der Waals surface area contributed by atoms with Crippen LogP contribution in [0.5, 0.6) is 0 Å². The molecule has 1 unspecified atom stereocenters. The normalized spacial score (nSPS) is 24.7. The van der Waals surface area contributed by atoms with Crippen LogP contribution < -0.4 is 5.32 Å². The molecule has 2 aliphatic rings. The maximum atomic E-state index is 9.75. The van der Waals surface area contributed by atoms with Gasteiger partial charge in [-0.1, -0.05) is 13.3 Å². The average Bonchev–Trinajstić information content (AvgIpc) is 3.12. The molecule has 0 saturated heterocycles. The standard InChI is InChI=1S/C14H28N2O/c1-3-16(9-12-5-4-6-12)10-14(11-17,15-2)13-7-8-13/h12-13,15,17H,3-11H2,1-2H3. The smallest absolute Gasteiger partial charge is 0.0628 e. The molecular weight excluding hydrogens is 212 g/mol. The fraction of sp³-hybridized carbons (Fsp3) is 1.00. The first-order valence-corrected chi connectivity index (χ1v) is 7.26. The molecule has 2 rings (SSSR count). The highest BCUT2D eigenvalue weighted by Crippen LogP contribution is 2.40. The first-order valence-electron chi connectivity index (χ1n) is 7.26. The van der Waals surface area contributed by atoms with Gasteiger partial charge in [-0.25, -0.2) is 0 Å². The van der Waals surface area contributed by atoms with E-state index < -0.39 is 0 Å². The molecule has 17 heavy (non-hydrogen) atoms. The molecule has 0 spiro atoms.